The van der Waals surface area contributed by atoms with Gasteiger partial charge in [0.2, 0.25) is 11.8 Å². The summed E-state index contributed by atoms with van der Waals surface area (Å²) in [5.74, 6) is -0.190. The molecule has 0 spiro atoms. The number of aromatic nitrogens is 2. The molecule has 0 amide bonds. The van der Waals surface area contributed by atoms with Crippen molar-refractivity contribution in [1.29, 1.82) is 0 Å². The highest BCUT2D eigenvalue weighted by atomic mass is 16.7. The minimum atomic E-state index is -0.974. The number of ether oxygens (including phenoxy) is 5. The van der Waals surface area contributed by atoms with E-state index in [-0.39, 0.29) is 43.9 Å². The Labute approximate surface area is 221 Å². The second-order valence-corrected chi connectivity index (χ2v) is 9.23. The van der Waals surface area contributed by atoms with E-state index >= 15 is 0 Å². The van der Waals surface area contributed by atoms with Crippen LogP contribution in [-0.4, -0.2) is 52.9 Å². The van der Waals surface area contributed by atoms with E-state index in [1.54, 1.807) is 6.08 Å². The molecule has 6 atom stereocenters. The van der Waals surface area contributed by atoms with E-state index in [1.165, 1.54) is 0 Å². The predicted molar refractivity (Wildman–Crippen MR) is 140 cm³/mol. The summed E-state index contributed by atoms with van der Waals surface area (Å²) < 4.78 is 30.3. The van der Waals surface area contributed by atoms with Crippen molar-refractivity contribution < 1.29 is 28.8 Å². The molecule has 10 heteroatoms. The predicted octanol–water partition coefficient (Wildman–Crippen LogP) is 2.78. The lowest BCUT2D eigenvalue weighted by Gasteiger charge is -2.48. The van der Waals surface area contributed by atoms with Crippen LogP contribution in [0.25, 0.3) is 0 Å². The molecule has 2 saturated heterocycles. The van der Waals surface area contributed by atoms with E-state index in [0.29, 0.717) is 5.56 Å². The summed E-state index contributed by atoms with van der Waals surface area (Å²) in [5, 5.41) is 11.6. The maximum Gasteiger partial charge on any atom is 0.225 e. The Bertz CT molecular complexity index is 1210. The molecule has 2 aliphatic heterocycles. The van der Waals surface area contributed by atoms with Gasteiger partial charge < -0.3 is 40.3 Å². The van der Waals surface area contributed by atoms with Crippen molar-refractivity contribution in [3.05, 3.63) is 90.0 Å². The number of rotatable bonds is 9. The second-order valence-electron chi connectivity index (χ2n) is 9.23. The van der Waals surface area contributed by atoms with Gasteiger partial charge in [0.15, 0.2) is 12.6 Å². The first-order valence-corrected chi connectivity index (χ1v) is 12.5. The fraction of sp³-hybridized carbons (Fsp3) is 0.357. The molecule has 0 aliphatic carbocycles. The molecule has 2 fully saturated rings. The van der Waals surface area contributed by atoms with Crippen molar-refractivity contribution in [3.63, 3.8) is 0 Å². The van der Waals surface area contributed by atoms with Gasteiger partial charge in [-0.3, -0.25) is 0 Å². The van der Waals surface area contributed by atoms with E-state index < -0.39 is 36.8 Å². The lowest BCUT2D eigenvalue weighted by atomic mass is 9.85. The van der Waals surface area contributed by atoms with Crippen LogP contribution in [0.2, 0.25) is 0 Å². The third-order valence-electron chi connectivity index (χ3n) is 6.62. The second kappa shape index (κ2) is 11.9. The van der Waals surface area contributed by atoms with Crippen molar-refractivity contribution in [3.8, 4) is 5.88 Å². The Hall–Kier alpha value is -3.54. The monoisotopic (exact) mass is 520 g/mol. The van der Waals surface area contributed by atoms with Crippen LogP contribution in [0.1, 0.15) is 23.0 Å². The first kappa shape index (κ1) is 26.1. The zero-order valence-corrected chi connectivity index (χ0v) is 20.9. The highest BCUT2D eigenvalue weighted by Gasteiger charge is 2.50. The van der Waals surface area contributed by atoms with Gasteiger partial charge in [-0.05, 0) is 12.0 Å². The van der Waals surface area contributed by atoms with E-state index in [2.05, 4.69) is 16.5 Å². The van der Waals surface area contributed by atoms with Crippen LogP contribution in [-0.2, 0) is 32.0 Å². The van der Waals surface area contributed by atoms with Gasteiger partial charge in [-0.25, -0.2) is 0 Å². The number of fused-ring (bicyclic) bond motifs is 1. The maximum absolute atomic E-state index is 11.6. The minimum absolute atomic E-state index is 0.00672. The molecule has 10 nitrogen and oxygen atoms in total. The average Bonchev–Trinajstić information content (AvgIpc) is 2.94. The van der Waals surface area contributed by atoms with Crippen molar-refractivity contribution >= 4 is 11.8 Å². The van der Waals surface area contributed by atoms with Crippen molar-refractivity contribution in [2.75, 3.05) is 24.7 Å². The molecule has 200 valence electrons. The third kappa shape index (κ3) is 5.79. The normalized spacial score (nSPS) is 26.9. The molecule has 5 rings (SSSR count). The summed E-state index contributed by atoms with van der Waals surface area (Å²) >= 11 is 0. The first-order chi connectivity index (χ1) is 18.5. The summed E-state index contributed by atoms with van der Waals surface area (Å²) in [6, 6.07) is 19.2. The molecule has 3 heterocycles. The maximum atomic E-state index is 11.6. The van der Waals surface area contributed by atoms with Crippen LogP contribution in [0, 0.1) is 5.92 Å². The van der Waals surface area contributed by atoms with Gasteiger partial charge in [0.05, 0.1) is 24.9 Å². The van der Waals surface area contributed by atoms with E-state index in [9.17, 15) is 5.11 Å². The highest BCUT2D eigenvalue weighted by molar-refractivity contribution is 5.49. The van der Waals surface area contributed by atoms with E-state index in [4.69, 9.17) is 35.2 Å². The van der Waals surface area contributed by atoms with Gasteiger partial charge in [0.25, 0.3) is 0 Å². The number of hydrogen-bond donors (Lipinski definition) is 3. The largest absolute Gasteiger partial charge is 0.472 e. The molecule has 0 bridgehead atoms. The summed E-state index contributed by atoms with van der Waals surface area (Å²) in [5.41, 5.74) is 14.5. The van der Waals surface area contributed by atoms with Gasteiger partial charge in [-0.1, -0.05) is 66.7 Å². The lowest BCUT2D eigenvalue weighted by molar-refractivity contribution is -0.352. The highest BCUT2D eigenvalue weighted by Crippen LogP contribution is 2.39. The van der Waals surface area contributed by atoms with Crippen molar-refractivity contribution in [1.82, 2.24) is 9.97 Å². The number of benzene rings is 2. The Balaban J connectivity index is 1.40. The molecule has 2 aliphatic rings. The molecule has 1 aromatic heterocycles. The molecule has 0 radical (unpaired) electrons. The Morgan fingerprint density at radius 2 is 1.76 bits per heavy atom. The third-order valence-corrected chi connectivity index (χ3v) is 6.62. The fourth-order valence-electron chi connectivity index (χ4n) is 4.74. The molecule has 1 unspecified atom stereocenters. The standard InChI is InChI=1S/C28H32N4O6/c1-2-13-34-27-19(22(33)23-21(37-27)16-36-26(38-23)18-11-7-4-8-12-18)14-20-24(29)31-28(30)32-25(20)35-15-17-9-5-3-6-10-17/h2-12,19,21-23,26-27,33H,1,13-16H2,(H4,29,30,31,32)/t19-,21+,22-,23-,26?,27+/m0/s1. The zero-order chi connectivity index (χ0) is 26.5. The average molecular weight is 521 g/mol. The van der Waals surface area contributed by atoms with Crippen molar-refractivity contribution in [2.45, 2.75) is 43.9 Å². The van der Waals surface area contributed by atoms with Crippen LogP contribution in [0.4, 0.5) is 11.8 Å². The Morgan fingerprint density at radius 1 is 1.03 bits per heavy atom. The van der Waals surface area contributed by atoms with Gasteiger partial charge >= 0.3 is 0 Å². The number of nitrogen functional groups attached to an aromatic ring is 2. The molecular formula is C28H32N4O6. The first-order valence-electron chi connectivity index (χ1n) is 12.5. The Kier molecular flexibility index (Phi) is 8.16. The topological polar surface area (TPSA) is 144 Å². The Morgan fingerprint density at radius 3 is 2.50 bits per heavy atom. The minimum Gasteiger partial charge on any atom is -0.472 e. The molecule has 38 heavy (non-hydrogen) atoms. The fourth-order valence-corrected chi connectivity index (χ4v) is 4.74. The molecule has 0 saturated carbocycles. The van der Waals surface area contributed by atoms with Crippen LogP contribution in [0.3, 0.4) is 0 Å². The van der Waals surface area contributed by atoms with Crippen LogP contribution in [0.5, 0.6) is 5.88 Å². The molecule has 2 aromatic carbocycles. The van der Waals surface area contributed by atoms with E-state index in [0.717, 1.165) is 11.1 Å². The van der Waals surface area contributed by atoms with Gasteiger partial charge in [-0.15, -0.1) is 6.58 Å². The number of anilines is 2. The van der Waals surface area contributed by atoms with E-state index in [1.807, 2.05) is 60.7 Å². The summed E-state index contributed by atoms with van der Waals surface area (Å²) in [6.45, 7) is 4.44. The quantitative estimate of drug-likeness (QED) is 0.360. The van der Waals surface area contributed by atoms with Gasteiger partial charge in [0.1, 0.15) is 24.6 Å². The molecular weight excluding hydrogens is 488 g/mol. The number of hydrogen-bond acceptors (Lipinski definition) is 10. The summed E-state index contributed by atoms with van der Waals surface area (Å²) in [4.78, 5) is 8.43. The summed E-state index contributed by atoms with van der Waals surface area (Å²) in [6.07, 6.45) is -1.76. The number of aliphatic hydroxyl groups excluding tert-OH is 1. The SMILES string of the molecule is C=CCO[C@@H]1O[C@@H]2COC(c3ccccc3)O[C@@H]2[C@@H](O)[C@@H]1Cc1c(N)nc(N)nc1OCc1ccccc1. The zero-order valence-electron chi connectivity index (χ0n) is 20.9. The van der Waals surface area contributed by atoms with Crippen molar-refractivity contribution in [2.24, 2.45) is 5.92 Å². The van der Waals surface area contributed by atoms with Gasteiger partial charge in [0, 0.05) is 11.5 Å². The molecule has 5 N–H and O–H groups in total. The molecule has 3 aromatic rings. The lowest BCUT2D eigenvalue weighted by Crippen LogP contribution is -2.60. The van der Waals surface area contributed by atoms with Gasteiger partial charge in [-0.2, -0.15) is 9.97 Å². The smallest absolute Gasteiger partial charge is 0.225 e. The van der Waals surface area contributed by atoms with Crippen LogP contribution >= 0.6 is 0 Å². The number of aliphatic hydroxyl groups is 1. The summed E-state index contributed by atoms with van der Waals surface area (Å²) in [7, 11) is 0. The number of nitrogens with two attached hydrogens (primary N) is 2. The van der Waals surface area contributed by atoms with Crippen LogP contribution in [0.15, 0.2) is 73.3 Å². The number of nitrogens with zero attached hydrogens (tertiary/aromatic N) is 2. The van der Waals surface area contributed by atoms with Crippen LogP contribution < -0.4 is 16.2 Å².